The van der Waals surface area contributed by atoms with E-state index in [1.807, 2.05) is 0 Å². The van der Waals surface area contributed by atoms with Crippen LogP contribution >= 0.6 is 21.6 Å². The van der Waals surface area contributed by atoms with Crippen molar-refractivity contribution in [3.8, 4) is 0 Å². The second-order valence-electron chi connectivity index (χ2n) is 3.71. The highest BCUT2D eigenvalue weighted by Crippen LogP contribution is 2.20. The number of rotatable bonds is 11. The monoisotopic (exact) mass is 309 g/mol. The van der Waals surface area contributed by atoms with E-state index in [4.69, 9.17) is 9.84 Å². The van der Waals surface area contributed by atoms with E-state index >= 15 is 0 Å². The van der Waals surface area contributed by atoms with E-state index in [0.717, 1.165) is 0 Å². The molecule has 1 unspecified atom stereocenters. The number of carboxylic acids is 1. The largest absolute Gasteiger partial charge is 0.481 e. The molecule has 19 heavy (non-hydrogen) atoms. The molecule has 0 bridgehead atoms. The average Bonchev–Trinajstić information content (AvgIpc) is 2.33. The Morgan fingerprint density at radius 1 is 1.26 bits per heavy atom. The Morgan fingerprint density at radius 3 is 2.42 bits per heavy atom. The number of carbonyl (C=O) groups is 3. The molecule has 0 radical (unpaired) electrons. The van der Waals surface area contributed by atoms with Crippen LogP contribution in [-0.4, -0.2) is 54.0 Å². The van der Waals surface area contributed by atoms with E-state index in [1.54, 1.807) is 0 Å². The Kier molecular flexibility index (Phi) is 10.7. The molecule has 0 aromatic rings. The number of aliphatic carboxylic acids is 1. The Balaban J connectivity index is 3.61. The minimum absolute atomic E-state index is 0.0723. The van der Waals surface area contributed by atoms with Gasteiger partial charge in [0.15, 0.2) is 0 Å². The smallest absolute Gasteiger partial charge is 0.304 e. The van der Waals surface area contributed by atoms with Crippen molar-refractivity contribution in [3.63, 3.8) is 0 Å². The van der Waals surface area contributed by atoms with E-state index in [-0.39, 0.29) is 24.5 Å². The van der Waals surface area contributed by atoms with Crippen molar-refractivity contribution in [2.75, 3.05) is 25.2 Å². The molecule has 8 heteroatoms. The van der Waals surface area contributed by atoms with Crippen LogP contribution in [0.2, 0.25) is 0 Å². The number of carbonyl (C=O) groups excluding carboxylic acids is 2. The van der Waals surface area contributed by atoms with E-state index < -0.39 is 12.1 Å². The third-order valence-corrected chi connectivity index (χ3v) is 4.43. The zero-order valence-electron chi connectivity index (χ0n) is 11.0. The van der Waals surface area contributed by atoms with Crippen LogP contribution in [0.15, 0.2) is 0 Å². The molecule has 0 aromatic heterocycles. The van der Waals surface area contributed by atoms with Gasteiger partial charge in [0.25, 0.3) is 0 Å². The van der Waals surface area contributed by atoms with Crippen LogP contribution in [0.25, 0.3) is 0 Å². The maximum Gasteiger partial charge on any atom is 0.304 e. The van der Waals surface area contributed by atoms with Crippen LogP contribution in [0.4, 0.5) is 0 Å². The lowest BCUT2D eigenvalue weighted by atomic mass is 10.2. The number of ether oxygens (including phenoxy) is 1. The standard InChI is InChI=1S/C11H19NO5S2/c1-8(13)7-9(17-2)11(16)12-4-6-19-18-5-3-10(14)15/h9H,3-7H2,1-2H3,(H,12,16)(H,14,15). The number of carboxylic acid groups (broad SMARTS) is 1. The molecule has 0 rings (SSSR count). The van der Waals surface area contributed by atoms with E-state index in [1.165, 1.54) is 35.6 Å². The normalized spacial score (nSPS) is 11.9. The zero-order chi connectivity index (χ0) is 14.7. The topological polar surface area (TPSA) is 92.7 Å². The summed E-state index contributed by atoms with van der Waals surface area (Å²) in [7, 11) is 4.35. The van der Waals surface area contributed by atoms with Crippen molar-refractivity contribution in [1.82, 2.24) is 5.32 Å². The number of amides is 1. The third kappa shape index (κ3) is 10.8. The van der Waals surface area contributed by atoms with Crippen LogP contribution < -0.4 is 5.32 Å². The van der Waals surface area contributed by atoms with Gasteiger partial charge in [0, 0.05) is 31.6 Å². The number of methoxy groups -OCH3 is 1. The molecule has 1 atom stereocenters. The maximum absolute atomic E-state index is 11.6. The van der Waals surface area contributed by atoms with Crippen LogP contribution in [0.3, 0.4) is 0 Å². The first kappa shape index (κ1) is 18.3. The Morgan fingerprint density at radius 2 is 1.89 bits per heavy atom. The quantitative estimate of drug-likeness (QED) is 0.433. The summed E-state index contributed by atoms with van der Waals surface area (Å²) in [6, 6.07) is 0. The lowest BCUT2D eigenvalue weighted by Gasteiger charge is -2.13. The molecule has 0 aliphatic carbocycles. The van der Waals surface area contributed by atoms with Crippen molar-refractivity contribution in [2.24, 2.45) is 0 Å². The first-order valence-corrected chi connectivity index (χ1v) is 8.22. The molecule has 110 valence electrons. The maximum atomic E-state index is 11.6. The second kappa shape index (κ2) is 11.1. The average molecular weight is 309 g/mol. The molecular formula is C11H19NO5S2. The molecule has 0 fully saturated rings. The first-order valence-electron chi connectivity index (χ1n) is 5.73. The highest BCUT2D eigenvalue weighted by atomic mass is 33.1. The minimum atomic E-state index is -0.812. The van der Waals surface area contributed by atoms with Crippen LogP contribution in [0.1, 0.15) is 19.8 Å². The first-order chi connectivity index (χ1) is 8.97. The predicted molar refractivity (Wildman–Crippen MR) is 76.3 cm³/mol. The summed E-state index contributed by atoms with van der Waals surface area (Å²) in [6.07, 6.45) is -0.529. The fourth-order valence-electron chi connectivity index (χ4n) is 1.12. The molecular weight excluding hydrogens is 290 g/mol. The van der Waals surface area contributed by atoms with Gasteiger partial charge in [-0.2, -0.15) is 0 Å². The number of nitrogens with one attached hydrogen (secondary N) is 1. The summed E-state index contributed by atoms with van der Waals surface area (Å²) in [6.45, 7) is 1.87. The summed E-state index contributed by atoms with van der Waals surface area (Å²) in [5.74, 6) is 0.00825. The second-order valence-corrected chi connectivity index (χ2v) is 6.41. The number of ketones is 1. The van der Waals surface area contributed by atoms with E-state index in [2.05, 4.69) is 5.32 Å². The summed E-state index contributed by atoms with van der Waals surface area (Å²) in [5, 5.41) is 11.1. The van der Waals surface area contributed by atoms with Crippen molar-refractivity contribution < 1.29 is 24.2 Å². The number of hydrogen-bond donors (Lipinski definition) is 2. The molecule has 1 amide bonds. The molecule has 0 saturated carbocycles. The molecule has 0 heterocycles. The Labute approximate surface area is 120 Å². The minimum Gasteiger partial charge on any atom is -0.481 e. The lowest BCUT2D eigenvalue weighted by Crippen LogP contribution is -2.38. The van der Waals surface area contributed by atoms with Gasteiger partial charge in [-0.05, 0) is 6.92 Å². The number of hydrogen-bond acceptors (Lipinski definition) is 6. The van der Waals surface area contributed by atoms with E-state index in [9.17, 15) is 14.4 Å². The number of Topliss-reactive ketones (excluding diaryl/α,β-unsaturated/α-hetero) is 1. The summed E-state index contributed by atoms with van der Waals surface area (Å²) < 4.78 is 4.93. The fourth-order valence-corrected chi connectivity index (χ4v) is 3.01. The Hall–Kier alpha value is -0.730. The highest BCUT2D eigenvalue weighted by Gasteiger charge is 2.18. The molecule has 0 spiro atoms. The lowest BCUT2D eigenvalue weighted by molar-refractivity contribution is -0.136. The van der Waals surface area contributed by atoms with Gasteiger partial charge in [0.1, 0.15) is 11.9 Å². The van der Waals surface area contributed by atoms with Crippen molar-refractivity contribution in [1.29, 1.82) is 0 Å². The van der Waals surface area contributed by atoms with Gasteiger partial charge in [-0.25, -0.2) is 0 Å². The van der Waals surface area contributed by atoms with Crippen LogP contribution in [0, 0.1) is 0 Å². The van der Waals surface area contributed by atoms with Gasteiger partial charge in [-0.15, -0.1) is 0 Å². The zero-order valence-corrected chi connectivity index (χ0v) is 12.6. The summed E-state index contributed by atoms with van der Waals surface area (Å²) >= 11 is 0. The molecule has 2 N–H and O–H groups in total. The van der Waals surface area contributed by atoms with Gasteiger partial charge in [-0.1, -0.05) is 21.6 Å². The molecule has 6 nitrogen and oxygen atoms in total. The summed E-state index contributed by atoms with van der Waals surface area (Å²) in [4.78, 5) is 32.8. The van der Waals surface area contributed by atoms with Gasteiger partial charge < -0.3 is 15.2 Å². The van der Waals surface area contributed by atoms with Crippen LogP contribution in [-0.2, 0) is 19.1 Å². The molecule has 0 aliphatic rings. The van der Waals surface area contributed by atoms with Crippen LogP contribution in [0.5, 0.6) is 0 Å². The molecule has 0 aliphatic heterocycles. The van der Waals surface area contributed by atoms with Gasteiger partial charge in [0.05, 0.1) is 6.42 Å². The summed E-state index contributed by atoms with van der Waals surface area (Å²) in [5.41, 5.74) is 0. The van der Waals surface area contributed by atoms with Gasteiger partial charge >= 0.3 is 5.97 Å². The van der Waals surface area contributed by atoms with Crippen molar-refractivity contribution >= 4 is 39.2 Å². The predicted octanol–water partition coefficient (Wildman–Crippen LogP) is 0.953. The van der Waals surface area contributed by atoms with Gasteiger partial charge in [-0.3, -0.25) is 14.4 Å². The Bertz CT molecular complexity index is 311. The van der Waals surface area contributed by atoms with Crippen molar-refractivity contribution in [3.05, 3.63) is 0 Å². The highest BCUT2D eigenvalue weighted by molar-refractivity contribution is 8.76. The third-order valence-electron chi connectivity index (χ3n) is 2.02. The van der Waals surface area contributed by atoms with E-state index in [0.29, 0.717) is 18.1 Å². The molecule has 0 saturated heterocycles. The SMILES string of the molecule is COC(CC(C)=O)C(=O)NCCSSCCC(=O)O. The van der Waals surface area contributed by atoms with Crippen molar-refractivity contribution in [2.45, 2.75) is 25.9 Å². The molecule has 0 aromatic carbocycles. The van der Waals surface area contributed by atoms with Gasteiger partial charge in [0.2, 0.25) is 5.91 Å². The fraction of sp³-hybridized carbons (Fsp3) is 0.727.